The van der Waals surface area contributed by atoms with Crippen LogP contribution in [-0.2, 0) is 4.79 Å². The molecular formula is C14H17NO5. The van der Waals surface area contributed by atoms with Crippen molar-refractivity contribution in [2.75, 3.05) is 6.61 Å². The maximum Gasteiger partial charge on any atom is 0.304 e. The van der Waals surface area contributed by atoms with Crippen molar-refractivity contribution in [1.82, 2.24) is 0 Å². The van der Waals surface area contributed by atoms with Gasteiger partial charge in [-0.1, -0.05) is 0 Å². The zero-order valence-electron chi connectivity index (χ0n) is 11.5. The second-order valence-corrected chi connectivity index (χ2v) is 5.52. The molecule has 1 aliphatic carbocycles. The number of benzene rings is 1. The van der Waals surface area contributed by atoms with E-state index in [0.29, 0.717) is 17.9 Å². The Hall–Kier alpha value is -2.11. The molecule has 6 nitrogen and oxygen atoms in total. The SMILES string of the molecule is Cc1cc(C)c([N+](=O)[O-])cc1OCC1(CC(=O)O)CC1. The monoisotopic (exact) mass is 279 g/mol. The normalized spacial score (nSPS) is 15.7. The molecule has 2 rings (SSSR count). The summed E-state index contributed by atoms with van der Waals surface area (Å²) in [6.45, 7) is 3.80. The van der Waals surface area contributed by atoms with E-state index in [1.807, 2.05) is 6.92 Å². The molecule has 0 saturated heterocycles. The first-order valence-corrected chi connectivity index (χ1v) is 6.43. The zero-order valence-corrected chi connectivity index (χ0v) is 11.5. The van der Waals surface area contributed by atoms with Crippen LogP contribution in [0.4, 0.5) is 5.69 Å². The maximum absolute atomic E-state index is 10.9. The van der Waals surface area contributed by atoms with Gasteiger partial charge in [-0.15, -0.1) is 0 Å². The first-order valence-electron chi connectivity index (χ1n) is 6.43. The van der Waals surface area contributed by atoms with Gasteiger partial charge in [-0.25, -0.2) is 0 Å². The fourth-order valence-electron chi connectivity index (χ4n) is 2.27. The Kier molecular flexibility index (Phi) is 3.65. The molecule has 0 aromatic heterocycles. The van der Waals surface area contributed by atoms with E-state index in [0.717, 1.165) is 18.4 Å². The van der Waals surface area contributed by atoms with E-state index >= 15 is 0 Å². The molecule has 0 aliphatic heterocycles. The highest BCUT2D eigenvalue weighted by Crippen LogP contribution is 2.49. The fraction of sp³-hybridized carbons (Fsp3) is 0.500. The minimum atomic E-state index is -0.835. The largest absolute Gasteiger partial charge is 0.492 e. The van der Waals surface area contributed by atoms with Crippen molar-refractivity contribution in [3.63, 3.8) is 0 Å². The molecule has 20 heavy (non-hydrogen) atoms. The summed E-state index contributed by atoms with van der Waals surface area (Å²) in [6.07, 6.45) is 1.73. The summed E-state index contributed by atoms with van der Waals surface area (Å²) in [5.74, 6) is -0.378. The molecule has 0 spiro atoms. The van der Waals surface area contributed by atoms with Crippen molar-refractivity contribution in [3.05, 3.63) is 33.4 Å². The second-order valence-electron chi connectivity index (χ2n) is 5.52. The van der Waals surface area contributed by atoms with Gasteiger partial charge in [-0.2, -0.15) is 0 Å². The van der Waals surface area contributed by atoms with Crippen molar-refractivity contribution < 1.29 is 19.6 Å². The Morgan fingerprint density at radius 1 is 1.40 bits per heavy atom. The third-order valence-electron chi connectivity index (χ3n) is 3.71. The smallest absolute Gasteiger partial charge is 0.304 e. The van der Waals surface area contributed by atoms with E-state index in [1.165, 1.54) is 6.07 Å². The molecule has 1 fully saturated rings. The zero-order chi connectivity index (χ0) is 14.9. The van der Waals surface area contributed by atoms with Crippen LogP contribution in [0.3, 0.4) is 0 Å². The summed E-state index contributed by atoms with van der Waals surface area (Å²) >= 11 is 0. The Bertz CT molecular complexity index is 563. The number of ether oxygens (including phenoxy) is 1. The Morgan fingerprint density at radius 2 is 2.05 bits per heavy atom. The third-order valence-corrected chi connectivity index (χ3v) is 3.71. The molecule has 108 valence electrons. The van der Waals surface area contributed by atoms with Gasteiger partial charge in [-0.3, -0.25) is 14.9 Å². The van der Waals surface area contributed by atoms with Gasteiger partial charge < -0.3 is 9.84 Å². The number of hydrogen-bond acceptors (Lipinski definition) is 4. The average Bonchev–Trinajstić information content (AvgIpc) is 3.06. The topological polar surface area (TPSA) is 89.7 Å². The molecule has 0 atom stereocenters. The number of hydrogen-bond donors (Lipinski definition) is 1. The van der Waals surface area contributed by atoms with Gasteiger partial charge in [0.05, 0.1) is 24.0 Å². The lowest BCUT2D eigenvalue weighted by atomic mass is 10.0. The molecule has 1 aliphatic rings. The molecule has 0 bridgehead atoms. The lowest BCUT2D eigenvalue weighted by molar-refractivity contribution is -0.385. The van der Waals surface area contributed by atoms with Crippen LogP contribution in [0.2, 0.25) is 0 Å². The molecule has 0 unspecified atom stereocenters. The van der Waals surface area contributed by atoms with Gasteiger partial charge in [0.25, 0.3) is 5.69 Å². The van der Waals surface area contributed by atoms with Gasteiger partial charge >= 0.3 is 5.97 Å². The van der Waals surface area contributed by atoms with Crippen LogP contribution in [-0.4, -0.2) is 22.6 Å². The summed E-state index contributed by atoms with van der Waals surface area (Å²) in [7, 11) is 0. The number of nitrogens with zero attached hydrogens (tertiary/aromatic N) is 1. The van der Waals surface area contributed by atoms with Gasteiger partial charge in [0.2, 0.25) is 0 Å². The Labute approximate surface area is 116 Å². The standard InChI is InChI=1S/C14H17NO5/c1-9-5-10(2)12(6-11(9)15(18)19)20-8-14(3-4-14)7-13(16)17/h5-6H,3-4,7-8H2,1-2H3,(H,16,17). The van der Waals surface area contributed by atoms with Gasteiger partial charge in [0.1, 0.15) is 5.75 Å². The third kappa shape index (κ3) is 3.07. The van der Waals surface area contributed by atoms with Crippen molar-refractivity contribution in [3.8, 4) is 5.75 Å². The number of nitro benzene ring substituents is 1. The highest BCUT2D eigenvalue weighted by molar-refractivity contribution is 5.68. The quantitative estimate of drug-likeness (QED) is 0.638. The number of carbonyl (C=O) groups is 1. The van der Waals surface area contributed by atoms with Crippen molar-refractivity contribution in [2.24, 2.45) is 5.41 Å². The maximum atomic E-state index is 10.9. The molecule has 1 aromatic rings. The minimum absolute atomic E-state index is 0.0219. The van der Waals surface area contributed by atoms with Crippen molar-refractivity contribution in [2.45, 2.75) is 33.1 Å². The van der Waals surface area contributed by atoms with E-state index in [2.05, 4.69) is 0 Å². The molecule has 1 saturated carbocycles. The summed E-state index contributed by atoms with van der Waals surface area (Å²) in [5, 5.41) is 19.8. The van der Waals surface area contributed by atoms with E-state index < -0.39 is 10.9 Å². The molecule has 1 aromatic carbocycles. The van der Waals surface area contributed by atoms with Crippen molar-refractivity contribution in [1.29, 1.82) is 0 Å². The van der Waals surface area contributed by atoms with Crippen LogP contribution >= 0.6 is 0 Å². The van der Waals surface area contributed by atoms with Gasteiger partial charge in [0, 0.05) is 11.0 Å². The van der Waals surface area contributed by atoms with E-state index in [9.17, 15) is 14.9 Å². The van der Waals surface area contributed by atoms with Crippen LogP contribution in [0, 0.1) is 29.4 Å². The fourth-order valence-corrected chi connectivity index (χ4v) is 2.27. The number of rotatable bonds is 6. The molecular weight excluding hydrogens is 262 g/mol. The van der Waals surface area contributed by atoms with E-state index in [4.69, 9.17) is 9.84 Å². The Balaban J connectivity index is 2.12. The molecule has 0 radical (unpaired) electrons. The number of nitro groups is 1. The summed E-state index contributed by atoms with van der Waals surface area (Å²) in [6, 6.07) is 3.13. The number of aryl methyl sites for hydroxylation is 2. The van der Waals surface area contributed by atoms with Crippen LogP contribution in [0.15, 0.2) is 12.1 Å². The van der Waals surface area contributed by atoms with Gasteiger partial charge in [0.15, 0.2) is 0 Å². The molecule has 6 heteroatoms. The predicted molar refractivity (Wildman–Crippen MR) is 72.0 cm³/mol. The summed E-state index contributed by atoms with van der Waals surface area (Å²) in [5.41, 5.74) is 1.14. The van der Waals surface area contributed by atoms with E-state index in [-0.39, 0.29) is 17.5 Å². The van der Waals surface area contributed by atoms with Crippen molar-refractivity contribution >= 4 is 11.7 Å². The molecule has 0 amide bonds. The summed E-state index contributed by atoms with van der Waals surface area (Å²) < 4.78 is 5.64. The van der Waals surface area contributed by atoms with Crippen LogP contribution in [0.25, 0.3) is 0 Å². The number of carboxylic acids is 1. The first-order chi connectivity index (χ1) is 9.33. The van der Waals surface area contributed by atoms with Gasteiger partial charge in [-0.05, 0) is 38.3 Å². The predicted octanol–water partition coefficient (Wildman–Crippen LogP) is 2.85. The van der Waals surface area contributed by atoms with Crippen LogP contribution in [0.1, 0.15) is 30.4 Å². The lowest BCUT2D eigenvalue weighted by Gasteiger charge is -2.15. The highest BCUT2D eigenvalue weighted by Gasteiger charge is 2.45. The highest BCUT2D eigenvalue weighted by atomic mass is 16.6. The molecule has 1 N–H and O–H groups in total. The first kappa shape index (κ1) is 14.3. The number of carboxylic acid groups (broad SMARTS) is 1. The van der Waals surface area contributed by atoms with E-state index in [1.54, 1.807) is 13.0 Å². The summed E-state index contributed by atoms with van der Waals surface area (Å²) in [4.78, 5) is 21.3. The van der Waals surface area contributed by atoms with Crippen LogP contribution < -0.4 is 4.74 Å². The number of aliphatic carboxylic acids is 1. The second kappa shape index (κ2) is 5.11. The molecule has 0 heterocycles. The van der Waals surface area contributed by atoms with Crippen LogP contribution in [0.5, 0.6) is 5.75 Å². The lowest BCUT2D eigenvalue weighted by Crippen LogP contribution is -2.17. The average molecular weight is 279 g/mol. The Morgan fingerprint density at radius 3 is 2.55 bits per heavy atom. The minimum Gasteiger partial charge on any atom is -0.492 e.